The molecule has 4 heterocycles. The quantitative estimate of drug-likeness (QED) is 0.401. The van der Waals surface area contributed by atoms with Gasteiger partial charge in [0.25, 0.3) is 0 Å². The summed E-state index contributed by atoms with van der Waals surface area (Å²) < 4.78 is 50.1. The molecule has 1 fully saturated rings. The minimum Gasteiger partial charge on any atom is -0.507 e. The first-order valence-corrected chi connectivity index (χ1v) is 14.7. The van der Waals surface area contributed by atoms with Gasteiger partial charge in [-0.3, -0.25) is 19.4 Å². The second-order valence-corrected chi connectivity index (χ2v) is 12.3. The Morgan fingerprint density at radius 3 is 2.44 bits per heavy atom. The highest BCUT2D eigenvalue weighted by Crippen LogP contribution is 2.57. The van der Waals surface area contributed by atoms with Crippen LogP contribution in [0.4, 0.5) is 13.2 Å². The van der Waals surface area contributed by atoms with Crippen molar-refractivity contribution in [2.24, 2.45) is 0 Å². The Hall–Kier alpha value is -4.22. The molecule has 11 nitrogen and oxygen atoms in total. The second-order valence-electron chi connectivity index (χ2n) is 12.3. The van der Waals surface area contributed by atoms with Gasteiger partial charge in [0.05, 0.1) is 18.2 Å². The van der Waals surface area contributed by atoms with E-state index >= 15 is 0 Å². The van der Waals surface area contributed by atoms with Gasteiger partial charge in [0.1, 0.15) is 23.6 Å². The van der Waals surface area contributed by atoms with Gasteiger partial charge in [-0.25, -0.2) is 0 Å². The highest BCUT2D eigenvalue weighted by Gasteiger charge is 2.56. The summed E-state index contributed by atoms with van der Waals surface area (Å²) in [5.74, 6) is -2.24. The molecule has 2 bridgehead atoms. The van der Waals surface area contributed by atoms with Gasteiger partial charge in [-0.1, -0.05) is 6.07 Å². The van der Waals surface area contributed by atoms with E-state index in [0.717, 1.165) is 29.2 Å². The van der Waals surface area contributed by atoms with E-state index in [1.807, 2.05) is 31.9 Å². The Morgan fingerprint density at radius 1 is 1.09 bits per heavy atom. The number of alkyl halides is 3. The van der Waals surface area contributed by atoms with Crippen LogP contribution in [0.5, 0.6) is 23.0 Å². The number of nitrogens with zero attached hydrogens (tertiary/aromatic N) is 3. The molecule has 4 N–H and O–H groups in total. The molecule has 0 saturated carbocycles. The number of hydrogen-bond acceptors (Lipinski definition) is 9. The van der Waals surface area contributed by atoms with Gasteiger partial charge in [-0.2, -0.15) is 18.4 Å². The minimum absolute atomic E-state index is 0.0188. The number of carbonyl (C=O) groups excluding carboxylic acids is 2. The predicted octanol–water partition coefficient (Wildman–Crippen LogP) is 2.71. The number of carbonyl (C=O) groups is 2. The van der Waals surface area contributed by atoms with Gasteiger partial charge in [0.15, 0.2) is 11.5 Å². The summed E-state index contributed by atoms with van der Waals surface area (Å²) in [6, 6.07) is 0.326. The van der Waals surface area contributed by atoms with Crippen molar-refractivity contribution < 1.29 is 42.4 Å². The van der Waals surface area contributed by atoms with Crippen molar-refractivity contribution in [3.8, 4) is 29.1 Å². The van der Waals surface area contributed by atoms with Crippen LogP contribution < -0.4 is 20.1 Å². The van der Waals surface area contributed by atoms with Crippen LogP contribution in [-0.4, -0.2) is 82.6 Å². The number of aryl methyl sites for hydroxylation is 1. The third-order valence-corrected chi connectivity index (χ3v) is 9.93. The molecule has 2 aromatic carbocycles. The predicted molar refractivity (Wildman–Crippen MR) is 153 cm³/mol. The second kappa shape index (κ2) is 10.7. The van der Waals surface area contributed by atoms with Crippen LogP contribution in [0, 0.1) is 32.1 Å². The first-order chi connectivity index (χ1) is 21.2. The van der Waals surface area contributed by atoms with Crippen LogP contribution >= 0.6 is 0 Å². The van der Waals surface area contributed by atoms with Gasteiger partial charge in [0, 0.05) is 40.9 Å². The Labute approximate surface area is 257 Å². The number of amides is 2. The van der Waals surface area contributed by atoms with E-state index in [-0.39, 0.29) is 37.3 Å². The number of benzene rings is 2. The number of phenols is 2. The summed E-state index contributed by atoms with van der Waals surface area (Å²) in [5.41, 5.74) is 4.89. The van der Waals surface area contributed by atoms with Crippen molar-refractivity contribution in [1.29, 1.82) is 5.26 Å². The molecule has 6 rings (SSSR count). The molecule has 4 aliphatic heterocycles. The highest BCUT2D eigenvalue weighted by atomic mass is 19.4. The summed E-state index contributed by atoms with van der Waals surface area (Å²) >= 11 is 0. The molecular weight excluding hydrogens is 595 g/mol. The lowest BCUT2D eigenvalue weighted by Gasteiger charge is -2.60. The Bertz CT molecular complexity index is 1660. The van der Waals surface area contributed by atoms with E-state index in [1.165, 1.54) is 0 Å². The average molecular weight is 630 g/mol. The molecule has 0 aliphatic carbocycles. The zero-order valence-corrected chi connectivity index (χ0v) is 25.4. The van der Waals surface area contributed by atoms with E-state index in [9.17, 15) is 38.2 Å². The number of rotatable bonds is 4. The Balaban J connectivity index is 1.47. The molecule has 1 saturated heterocycles. The number of halogens is 3. The maximum Gasteiger partial charge on any atom is 0.471 e. The number of phenolic OH excluding ortho intramolecular Hbond substituents is 2. The summed E-state index contributed by atoms with van der Waals surface area (Å²) in [6.45, 7) is 6.33. The number of nitriles is 1. The van der Waals surface area contributed by atoms with Crippen LogP contribution in [0.2, 0.25) is 0 Å². The zero-order valence-electron chi connectivity index (χ0n) is 25.4. The maximum atomic E-state index is 13.0. The number of piperazine rings is 1. The van der Waals surface area contributed by atoms with Crippen LogP contribution in [0.25, 0.3) is 0 Å². The van der Waals surface area contributed by atoms with Gasteiger partial charge < -0.3 is 30.3 Å². The number of likely N-dealkylation sites (N-methyl/N-ethyl adjacent to an activating group) is 1. The molecule has 0 aromatic heterocycles. The van der Waals surface area contributed by atoms with Crippen molar-refractivity contribution in [3.05, 3.63) is 45.0 Å². The lowest BCUT2D eigenvalue weighted by Crippen LogP contribution is -2.69. The summed E-state index contributed by atoms with van der Waals surface area (Å²) in [7, 11) is 1.91. The summed E-state index contributed by atoms with van der Waals surface area (Å²) in [4.78, 5) is 28.6. The molecule has 14 heteroatoms. The fraction of sp³-hybridized carbons (Fsp3) is 0.516. The minimum atomic E-state index is -5.16. The Kier molecular flexibility index (Phi) is 7.32. The molecule has 2 aromatic rings. The van der Waals surface area contributed by atoms with Gasteiger partial charge >= 0.3 is 12.1 Å². The number of fused-ring (bicyclic) bond motifs is 9. The van der Waals surface area contributed by atoms with Crippen molar-refractivity contribution in [2.75, 3.05) is 20.4 Å². The SMILES string of the molecule is Cc1cc2c(c(O)c1C)[C@@H]1C3Cc4c(O)c(C)c5c(c4[C@H](CNC(=O)[C@H](C)NC(=O)C(F)(F)F)N3[C@@H](C#N)[C@H](C2)N1C)OCO5. The fourth-order valence-corrected chi connectivity index (χ4v) is 7.60. The molecule has 0 spiro atoms. The molecular formula is C31H34F3N5O6. The van der Waals surface area contributed by atoms with Crippen LogP contribution in [-0.2, 0) is 22.4 Å². The van der Waals surface area contributed by atoms with Crippen LogP contribution in [0.15, 0.2) is 6.07 Å². The van der Waals surface area contributed by atoms with E-state index in [4.69, 9.17) is 9.47 Å². The van der Waals surface area contributed by atoms with Gasteiger partial charge in [0.2, 0.25) is 12.7 Å². The average Bonchev–Trinajstić information content (AvgIpc) is 3.47. The lowest BCUT2D eigenvalue weighted by atomic mass is 9.71. The largest absolute Gasteiger partial charge is 0.507 e. The molecule has 4 aliphatic rings. The smallest absolute Gasteiger partial charge is 0.471 e. The van der Waals surface area contributed by atoms with Crippen molar-refractivity contribution >= 4 is 11.8 Å². The van der Waals surface area contributed by atoms with Crippen molar-refractivity contribution in [2.45, 2.75) is 83.0 Å². The third kappa shape index (κ3) is 4.63. The zero-order chi connectivity index (χ0) is 32.7. The van der Waals surface area contributed by atoms with E-state index in [1.54, 1.807) is 12.2 Å². The van der Waals surface area contributed by atoms with E-state index in [0.29, 0.717) is 34.6 Å². The topological polar surface area (TPSA) is 147 Å². The maximum absolute atomic E-state index is 13.0. The third-order valence-electron chi connectivity index (χ3n) is 9.93. The molecule has 0 radical (unpaired) electrons. The van der Waals surface area contributed by atoms with Crippen LogP contribution in [0.3, 0.4) is 0 Å². The first-order valence-electron chi connectivity index (χ1n) is 14.7. The monoisotopic (exact) mass is 629 g/mol. The Morgan fingerprint density at radius 2 is 1.78 bits per heavy atom. The first kappa shape index (κ1) is 30.8. The molecule has 1 unspecified atom stereocenters. The van der Waals surface area contributed by atoms with Crippen molar-refractivity contribution in [1.82, 2.24) is 20.4 Å². The number of ether oxygens (including phenoxy) is 2. The van der Waals surface area contributed by atoms with Gasteiger partial charge in [-0.15, -0.1) is 0 Å². The number of aromatic hydroxyl groups is 2. The summed E-state index contributed by atoms with van der Waals surface area (Å²) in [5, 5.41) is 37.9. The highest BCUT2D eigenvalue weighted by molar-refractivity contribution is 5.89. The molecule has 2 amide bonds. The van der Waals surface area contributed by atoms with Crippen molar-refractivity contribution in [3.63, 3.8) is 0 Å². The van der Waals surface area contributed by atoms with Crippen LogP contribution in [0.1, 0.15) is 58.0 Å². The van der Waals surface area contributed by atoms with E-state index in [2.05, 4.69) is 16.3 Å². The summed E-state index contributed by atoms with van der Waals surface area (Å²) in [6.07, 6.45) is -4.41. The molecule has 240 valence electrons. The normalized spacial score (nSPS) is 25.8. The number of nitrogens with one attached hydrogen (secondary N) is 2. The van der Waals surface area contributed by atoms with Gasteiger partial charge in [-0.05, 0) is 64.3 Å². The molecule has 6 atom stereocenters. The lowest BCUT2D eigenvalue weighted by molar-refractivity contribution is -0.174. The number of hydrogen-bond donors (Lipinski definition) is 4. The van der Waals surface area contributed by atoms with E-state index < -0.39 is 48.2 Å². The molecule has 45 heavy (non-hydrogen) atoms. The fourth-order valence-electron chi connectivity index (χ4n) is 7.60. The standard InChI is InChI=1S/C31H34F3N5O6/c1-12-6-16-7-18-20(9-35)39-19(24(38(18)5)22(16)26(41)13(12)2)8-17-23(28-27(44-11-45-28)14(3)25(17)40)21(39)10-36-29(42)15(4)37-30(43)31(32,33)34/h6,15,18-21,24,40-41H,7-8,10-11H2,1-5H3,(H,36,42)(H,37,43)/t15-,18-,19?,20-,21-,24-/m0/s1.